The maximum atomic E-state index is 14.1. The van der Waals surface area contributed by atoms with E-state index in [0.717, 1.165) is 18.4 Å². The minimum Gasteiger partial charge on any atom is -0.493 e. The van der Waals surface area contributed by atoms with E-state index in [2.05, 4.69) is 30.3 Å². The molecule has 0 aliphatic heterocycles. The highest BCUT2D eigenvalue weighted by atomic mass is 16.5. The van der Waals surface area contributed by atoms with Gasteiger partial charge in [-0.15, -0.1) is 0 Å². The van der Waals surface area contributed by atoms with Gasteiger partial charge in [0.05, 0.1) is 27.0 Å². The van der Waals surface area contributed by atoms with Crippen molar-refractivity contribution in [3.05, 3.63) is 120 Å². The molecule has 37 heavy (non-hydrogen) atoms. The number of anilines is 1. The molecular formula is C32H32NO4. The summed E-state index contributed by atoms with van der Waals surface area (Å²) in [6, 6.07) is 34.3. The van der Waals surface area contributed by atoms with E-state index >= 15 is 0 Å². The number of rotatable bonds is 11. The van der Waals surface area contributed by atoms with Gasteiger partial charge in [0.25, 0.3) is 5.91 Å². The Bertz CT molecular complexity index is 1250. The van der Waals surface area contributed by atoms with E-state index in [9.17, 15) is 4.79 Å². The Morgan fingerprint density at radius 2 is 1.35 bits per heavy atom. The van der Waals surface area contributed by atoms with Crippen molar-refractivity contribution < 1.29 is 19.0 Å². The Labute approximate surface area is 219 Å². The van der Waals surface area contributed by atoms with Gasteiger partial charge in [0.2, 0.25) is 5.75 Å². The van der Waals surface area contributed by atoms with E-state index in [-0.39, 0.29) is 11.9 Å². The lowest BCUT2D eigenvalue weighted by molar-refractivity contribution is 0.0975. The fraction of sp³-hybridized carbons (Fsp3) is 0.219. The highest BCUT2D eigenvalue weighted by Crippen LogP contribution is 2.42. The molecule has 0 spiro atoms. The van der Waals surface area contributed by atoms with Gasteiger partial charge < -0.3 is 19.1 Å². The van der Waals surface area contributed by atoms with Crippen molar-refractivity contribution in [2.45, 2.75) is 25.3 Å². The molecule has 4 aromatic carbocycles. The Morgan fingerprint density at radius 1 is 0.784 bits per heavy atom. The molecule has 1 atom stereocenters. The van der Waals surface area contributed by atoms with Crippen molar-refractivity contribution in [3.63, 3.8) is 0 Å². The van der Waals surface area contributed by atoms with Crippen LogP contribution in [0.1, 0.15) is 27.9 Å². The van der Waals surface area contributed by atoms with E-state index in [4.69, 9.17) is 14.2 Å². The first-order valence-corrected chi connectivity index (χ1v) is 12.3. The molecule has 1 unspecified atom stereocenters. The first-order valence-electron chi connectivity index (χ1n) is 12.3. The summed E-state index contributed by atoms with van der Waals surface area (Å²) in [6.07, 6.45) is 2.28. The number of benzene rings is 4. The van der Waals surface area contributed by atoms with Crippen LogP contribution in [-0.2, 0) is 12.8 Å². The largest absolute Gasteiger partial charge is 0.493 e. The summed E-state index contributed by atoms with van der Waals surface area (Å²) in [5.74, 6) is 1.38. The standard InChI is InChI=1S/C32H32NO4/c1-35-29-22-28(23-30(36-2)31(29)37-3)33(32(34)26-17-11-6-12-18-26)27(21-25-15-9-5-10-16-25)20-19-24-13-7-4-8-14-24/h4-5,7-18,22-23,27H,19-21H2,1-3H3. The monoisotopic (exact) mass is 494 g/mol. The van der Waals surface area contributed by atoms with E-state index in [1.165, 1.54) is 5.56 Å². The molecule has 4 aromatic rings. The van der Waals surface area contributed by atoms with Crippen LogP contribution in [0.15, 0.2) is 97.1 Å². The van der Waals surface area contributed by atoms with Gasteiger partial charge >= 0.3 is 0 Å². The van der Waals surface area contributed by atoms with Gasteiger partial charge in [0.15, 0.2) is 11.5 Å². The van der Waals surface area contributed by atoms with Crippen LogP contribution in [-0.4, -0.2) is 33.3 Å². The van der Waals surface area contributed by atoms with E-state index < -0.39 is 0 Å². The lowest BCUT2D eigenvalue weighted by Gasteiger charge is -2.33. The van der Waals surface area contributed by atoms with E-state index in [0.29, 0.717) is 34.9 Å². The van der Waals surface area contributed by atoms with E-state index in [1.54, 1.807) is 45.6 Å². The molecule has 0 N–H and O–H groups in total. The van der Waals surface area contributed by atoms with Gasteiger partial charge in [-0.3, -0.25) is 4.79 Å². The smallest absolute Gasteiger partial charge is 0.258 e. The van der Waals surface area contributed by atoms with Crippen LogP contribution in [0.3, 0.4) is 0 Å². The average Bonchev–Trinajstić information content (AvgIpc) is 2.96. The minimum atomic E-state index is -0.137. The molecule has 0 saturated heterocycles. The topological polar surface area (TPSA) is 48.0 Å². The van der Waals surface area contributed by atoms with Crippen molar-refractivity contribution in [2.24, 2.45) is 0 Å². The van der Waals surface area contributed by atoms with Crippen LogP contribution in [0.4, 0.5) is 5.69 Å². The summed E-state index contributed by atoms with van der Waals surface area (Å²) >= 11 is 0. The summed E-state index contributed by atoms with van der Waals surface area (Å²) in [7, 11) is 4.73. The van der Waals surface area contributed by atoms with Crippen molar-refractivity contribution in [2.75, 3.05) is 26.2 Å². The fourth-order valence-corrected chi connectivity index (χ4v) is 4.56. The summed E-state index contributed by atoms with van der Waals surface area (Å²) in [6.45, 7) is 0. The molecule has 4 rings (SSSR count). The SMILES string of the molecule is COc1cc(N(C(=O)c2cc[c]cc2)C(CCc2ccccc2)Cc2ccccc2)cc(OC)c1OC. The van der Waals surface area contributed by atoms with Crippen molar-refractivity contribution >= 4 is 11.6 Å². The number of methoxy groups -OCH3 is 3. The first kappa shape index (κ1) is 25.8. The van der Waals surface area contributed by atoms with Crippen LogP contribution in [0, 0.1) is 6.07 Å². The number of hydrogen-bond acceptors (Lipinski definition) is 4. The molecule has 0 heterocycles. The second-order valence-electron chi connectivity index (χ2n) is 8.72. The summed E-state index contributed by atoms with van der Waals surface area (Å²) < 4.78 is 16.8. The predicted molar refractivity (Wildman–Crippen MR) is 147 cm³/mol. The molecule has 1 radical (unpaired) electrons. The zero-order valence-electron chi connectivity index (χ0n) is 21.5. The first-order chi connectivity index (χ1) is 18.1. The molecule has 1 amide bonds. The van der Waals surface area contributed by atoms with Gasteiger partial charge in [0.1, 0.15) is 0 Å². The maximum Gasteiger partial charge on any atom is 0.258 e. The molecule has 0 bridgehead atoms. The molecule has 0 saturated carbocycles. The lowest BCUT2D eigenvalue weighted by atomic mass is 9.96. The van der Waals surface area contributed by atoms with Crippen LogP contribution >= 0.6 is 0 Å². The normalized spacial score (nSPS) is 11.4. The fourth-order valence-electron chi connectivity index (χ4n) is 4.56. The average molecular weight is 495 g/mol. The lowest BCUT2D eigenvalue weighted by Crippen LogP contribution is -2.42. The van der Waals surface area contributed by atoms with Crippen LogP contribution in [0.2, 0.25) is 0 Å². The van der Waals surface area contributed by atoms with Gasteiger partial charge in [-0.2, -0.15) is 0 Å². The van der Waals surface area contributed by atoms with Gasteiger partial charge in [-0.05, 0) is 48.6 Å². The van der Waals surface area contributed by atoms with Crippen molar-refractivity contribution in [1.29, 1.82) is 0 Å². The molecule has 0 aromatic heterocycles. The molecule has 5 heteroatoms. The zero-order valence-corrected chi connectivity index (χ0v) is 21.5. The number of aryl methyl sites for hydroxylation is 1. The van der Waals surface area contributed by atoms with Gasteiger partial charge in [-0.25, -0.2) is 0 Å². The third kappa shape index (κ3) is 6.31. The highest BCUT2D eigenvalue weighted by Gasteiger charge is 2.29. The highest BCUT2D eigenvalue weighted by molar-refractivity contribution is 6.06. The number of hydrogen-bond donors (Lipinski definition) is 0. The van der Waals surface area contributed by atoms with Crippen molar-refractivity contribution in [3.8, 4) is 17.2 Å². The number of nitrogens with zero attached hydrogens (tertiary/aromatic N) is 1. The third-order valence-corrected chi connectivity index (χ3v) is 6.40. The van der Waals surface area contributed by atoms with Crippen LogP contribution in [0.5, 0.6) is 17.2 Å². The summed E-state index contributed by atoms with van der Waals surface area (Å²) in [5, 5.41) is 0. The number of carbonyl (C=O) groups excluding carboxylic acids is 1. The third-order valence-electron chi connectivity index (χ3n) is 6.40. The molecule has 189 valence electrons. The van der Waals surface area contributed by atoms with Crippen LogP contribution < -0.4 is 19.1 Å². The quantitative estimate of drug-likeness (QED) is 0.242. The number of carbonyl (C=O) groups is 1. The molecule has 5 nitrogen and oxygen atoms in total. The molecule has 0 fully saturated rings. The molecular weight excluding hydrogens is 462 g/mol. The predicted octanol–water partition coefficient (Wildman–Crippen LogP) is 6.40. The zero-order chi connectivity index (χ0) is 26.0. The number of amides is 1. The Morgan fingerprint density at radius 3 is 1.89 bits per heavy atom. The number of ether oxygens (including phenoxy) is 3. The Balaban J connectivity index is 1.83. The second-order valence-corrected chi connectivity index (χ2v) is 8.72. The second kappa shape index (κ2) is 12.6. The van der Waals surface area contributed by atoms with Gasteiger partial charge in [0, 0.05) is 23.7 Å². The van der Waals surface area contributed by atoms with Gasteiger partial charge in [-0.1, -0.05) is 72.8 Å². The Kier molecular flexibility index (Phi) is 8.82. The summed E-state index contributed by atoms with van der Waals surface area (Å²) in [5.41, 5.74) is 3.66. The minimum absolute atomic E-state index is 0.0998. The van der Waals surface area contributed by atoms with Crippen LogP contribution in [0.25, 0.3) is 0 Å². The summed E-state index contributed by atoms with van der Waals surface area (Å²) in [4.78, 5) is 16.0. The van der Waals surface area contributed by atoms with Crippen molar-refractivity contribution in [1.82, 2.24) is 0 Å². The molecule has 0 aliphatic rings. The molecule has 0 aliphatic carbocycles. The maximum absolute atomic E-state index is 14.1. The Hall–Kier alpha value is -4.25. The van der Waals surface area contributed by atoms with E-state index in [1.807, 2.05) is 53.4 Å².